The molecule has 0 fully saturated rings. The Kier molecular flexibility index (Phi) is 76.0. The summed E-state index contributed by atoms with van der Waals surface area (Å²) >= 11 is 0. The molecule has 19 heteroatoms. The Hall–Kier alpha value is -1.94. The molecular weight excluding hydrogens is 1370 g/mol. The second-order valence-corrected chi connectivity index (χ2v) is 34.8. The number of hydrogen-bond acceptors (Lipinski definition) is 15. The Morgan fingerprint density at radius 2 is 0.438 bits per heavy atom. The lowest BCUT2D eigenvalue weighted by Gasteiger charge is -2.21. The minimum absolute atomic E-state index is 0.106. The monoisotopic (exact) mass is 1540 g/mol. The van der Waals surface area contributed by atoms with E-state index in [0.717, 1.165) is 102 Å². The van der Waals surface area contributed by atoms with Crippen molar-refractivity contribution < 1.29 is 80.2 Å². The van der Waals surface area contributed by atoms with Gasteiger partial charge in [0.15, 0.2) is 12.2 Å². The van der Waals surface area contributed by atoms with Gasteiger partial charge in [0.2, 0.25) is 0 Å². The molecule has 0 aromatic carbocycles. The number of esters is 4. The van der Waals surface area contributed by atoms with Gasteiger partial charge in [0.25, 0.3) is 0 Å². The van der Waals surface area contributed by atoms with Gasteiger partial charge in [-0.05, 0) is 37.5 Å². The average molecular weight is 1540 g/mol. The molecule has 105 heavy (non-hydrogen) atoms. The third-order valence-electron chi connectivity index (χ3n) is 20.2. The smallest absolute Gasteiger partial charge is 0.462 e. The molecule has 0 saturated heterocycles. The first kappa shape index (κ1) is 103. The molecular formula is C86H168O17P2. The molecule has 0 heterocycles. The van der Waals surface area contributed by atoms with Gasteiger partial charge in [-0.1, -0.05) is 408 Å². The molecule has 2 unspecified atom stereocenters. The molecule has 624 valence electrons. The first-order valence-corrected chi connectivity index (χ1v) is 47.5. The third kappa shape index (κ3) is 79.9. The number of carbonyl (C=O) groups excluding carboxylic acids is 4. The number of aliphatic hydroxyl groups excluding tert-OH is 1. The second kappa shape index (κ2) is 77.4. The van der Waals surface area contributed by atoms with Crippen molar-refractivity contribution in [1.82, 2.24) is 0 Å². The van der Waals surface area contributed by atoms with E-state index in [1.165, 1.54) is 276 Å². The molecule has 0 spiro atoms. The first-order chi connectivity index (χ1) is 50.9. The Bertz CT molecular complexity index is 2010. The summed E-state index contributed by atoms with van der Waals surface area (Å²) in [6, 6.07) is 0. The van der Waals surface area contributed by atoms with Crippen molar-refractivity contribution in [2.24, 2.45) is 11.8 Å². The van der Waals surface area contributed by atoms with Crippen LogP contribution in [0, 0.1) is 11.8 Å². The van der Waals surface area contributed by atoms with Crippen LogP contribution < -0.4 is 0 Å². The summed E-state index contributed by atoms with van der Waals surface area (Å²) < 4.78 is 68.9. The Balaban J connectivity index is 5.24. The van der Waals surface area contributed by atoms with Crippen LogP contribution in [0.5, 0.6) is 0 Å². The number of aliphatic hydroxyl groups is 1. The van der Waals surface area contributed by atoms with E-state index >= 15 is 0 Å². The minimum atomic E-state index is -4.97. The molecule has 0 aromatic rings. The zero-order valence-electron chi connectivity index (χ0n) is 69.0. The van der Waals surface area contributed by atoms with E-state index in [1.54, 1.807) is 0 Å². The lowest BCUT2D eigenvalue weighted by Crippen LogP contribution is -2.30. The topological polar surface area (TPSA) is 237 Å². The predicted molar refractivity (Wildman–Crippen MR) is 432 cm³/mol. The van der Waals surface area contributed by atoms with E-state index in [9.17, 15) is 43.2 Å². The fourth-order valence-corrected chi connectivity index (χ4v) is 15.0. The Morgan fingerprint density at radius 3 is 0.648 bits per heavy atom. The average Bonchev–Trinajstić information content (AvgIpc) is 0.908. The highest BCUT2D eigenvalue weighted by Gasteiger charge is 2.30. The normalized spacial score (nSPS) is 13.8. The zero-order chi connectivity index (χ0) is 77.1. The van der Waals surface area contributed by atoms with Gasteiger partial charge in [-0.2, -0.15) is 0 Å². The first-order valence-electron chi connectivity index (χ1n) is 44.5. The van der Waals surface area contributed by atoms with Crippen molar-refractivity contribution in [3.8, 4) is 0 Å². The minimum Gasteiger partial charge on any atom is -0.462 e. The second-order valence-electron chi connectivity index (χ2n) is 31.9. The molecule has 0 aromatic heterocycles. The van der Waals surface area contributed by atoms with Gasteiger partial charge < -0.3 is 33.8 Å². The fraction of sp³-hybridized carbons (Fsp3) is 0.953. The van der Waals surface area contributed by atoms with Crippen LogP contribution in [-0.4, -0.2) is 96.7 Å². The highest BCUT2D eigenvalue weighted by Crippen LogP contribution is 2.45. The summed E-state index contributed by atoms with van der Waals surface area (Å²) in [5.41, 5.74) is 0. The predicted octanol–water partition coefficient (Wildman–Crippen LogP) is 26.2. The summed E-state index contributed by atoms with van der Waals surface area (Å²) in [5, 5.41) is 10.7. The number of ether oxygens (including phenoxy) is 4. The molecule has 0 saturated carbocycles. The van der Waals surface area contributed by atoms with E-state index in [4.69, 9.17) is 37.0 Å². The van der Waals surface area contributed by atoms with E-state index < -0.39 is 97.5 Å². The van der Waals surface area contributed by atoms with Crippen LogP contribution >= 0.6 is 15.6 Å². The van der Waals surface area contributed by atoms with Crippen LogP contribution in [0.2, 0.25) is 0 Å². The van der Waals surface area contributed by atoms with Crippen LogP contribution in [0.4, 0.5) is 0 Å². The van der Waals surface area contributed by atoms with Crippen molar-refractivity contribution in [2.45, 2.75) is 477 Å². The molecule has 0 radical (unpaired) electrons. The van der Waals surface area contributed by atoms with Crippen molar-refractivity contribution in [3.05, 3.63) is 0 Å². The van der Waals surface area contributed by atoms with Crippen molar-refractivity contribution in [3.63, 3.8) is 0 Å². The standard InChI is InChI=1S/C86H168O17P2/c1-7-9-11-13-15-17-19-21-23-25-27-29-31-33-35-39-45-52-58-64-70-85(90)102-81(74-96-83(88)68-62-56-50-44-38-34-32-30-28-26-24-22-20-18-16-14-12-10-8-2)76-100-104(92,93)98-72-80(87)73-99-105(94,95)101-77-82(75-97-84(89)69-63-57-51-47-41-43-49-55-61-67-79(5)6)103-86(91)71-65-59-53-46-40-36-37-42-48-54-60-66-78(3)4/h78-82,87H,7-77H2,1-6H3,(H,92,93)(H,94,95)/t80-,81-,82-/m1/s1. The van der Waals surface area contributed by atoms with Gasteiger partial charge in [0, 0.05) is 25.7 Å². The number of carbonyl (C=O) groups is 4. The Labute approximate surface area is 645 Å². The van der Waals surface area contributed by atoms with Crippen molar-refractivity contribution in [1.29, 1.82) is 0 Å². The fourth-order valence-electron chi connectivity index (χ4n) is 13.4. The number of phosphoric ester groups is 2. The molecule has 3 N–H and O–H groups in total. The molecule has 5 atom stereocenters. The number of rotatable bonds is 85. The van der Waals surface area contributed by atoms with Crippen LogP contribution in [0.3, 0.4) is 0 Å². The van der Waals surface area contributed by atoms with E-state index in [2.05, 4.69) is 41.5 Å². The largest absolute Gasteiger partial charge is 0.472 e. The molecule has 17 nitrogen and oxygen atoms in total. The number of phosphoric acid groups is 2. The van der Waals surface area contributed by atoms with E-state index in [-0.39, 0.29) is 25.7 Å². The molecule has 0 aliphatic carbocycles. The van der Waals surface area contributed by atoms with Crippen LogP contribution in [0.25, 0.3) is 0 Å². The summed E-state index contributed by atoms with van der Waals surface area (Å²) in [5.74, 6) is -0.594. The van der Waals surface area contributed by atoms with E-state index in [1.807, 2.05) is 0 Å². The lowest BCUT2D eigenvalue weighted by atomic mass is 10.0. The molecule has 0 amide bonds. The third-order valence-corrected chi connectivity index (χ3v) is 22.1. The van der Waals surface area contributed by atoms with Crippen molar-refractivity contribution >= 4 is 39.5 Å². The van der Waals surface area contributed by atoms with Crippen LogP contribution in [0.15, 0.2) is 0 Å². The van der Waals surface area contributed by atoms with Gasteiger partial charge in [-0.3, -0.25) is 37.3 Å². The van der Waals surface area contributed by atoms with E-state index in [0.29, 0.717) is 25.7 Å². The quantitative estimate of drug-likeness (QED) is 0.0222. The van der Waals surface area contributed by atoms with Crippen LogP contribution in [0.1, 0.15) is 459 Å². The molecule has 0 aliphatic rings. The number of unbranched alkanes of at least 4 members (excludes halogenated alkanes) is 55. The van der Waals surface area contributed by atoms with Gasteiger partial charge in [-0.15, -0.1) is 0 Å². The summed E-state index contributed by atoms with van der Waals surface area (Å²) in [6.07, 6.45) is 69.5. The number of hydrogen-bond donors (Lipinski definition) is 3. The van der Waals surface area contributed by atoms with Gasteiger partial charge in [-0.25, -0.2) is 9.13 Å². The summed E-state index contributed by atoms with van der Waals surface area (Å²) in [7, 11) is -9.93. The highest BCUT2D eigenvalue weighted by atomic mass is 31.2. The highest BCUT2D eigenvalue weighted by molar-refractivity contribution is 7.47. The van der Waals surface area contributed by atoms with Crippen molar-refractivity contribution in [2.75, 3.05) is 39.6 Å². The maximum absolute atomic E-state index is 13.2. The maximum Gasteiger partial charge on any atom is 0.472 e. The summed E-state index contributed by atoms with van der Waals surface area (Å²) in [4.78, 5) is 73.2. The van der Waals surface area contributed by atoms with Gasteiger partial charge in [0.1, 0.15) is 19.3 Å². The summed E-state index contributed by atoms with van der Waals surface area (Å²) in [6.45, 7) is 9.65. The Morgan fingerprint density at radius 1 is 0.257 bits per heavy atom. The van der Waals surface area contributed by atoms with Gasteiger partial charge >= 0.3 is 39.5 Å². The zero-order valence-corrected chi connectivity index (χ0v) is 70.8. The lowest BCUT2D eigenvalue weighted by molar-refractivity contribution is -0.161. The molecule has 0 aliphatic heterocycles. The molecule has 0 rings (SSSR count). The van der Waals surface area contributed by atoms with Crippen LogP contribution in [-0.2, 0) is 65.4 Å². The maximum atomic E-state index is 13.2. The SMILES string of the molecule is CCCCCCCCCCCCCCCCCCCCCCC(=O)O[C@H](COC(=O)CCCCCCCCCCCCCCCCCCCCC)COP(=O)(O)OC[C@@H](O)COP(=O)(O)OC[C@@H](COC(=O)CCCCCCCCCCCC(C)C)OC(=O)CCCCCCCCCCCCCC(C)C. The molecule has 0 bridgehead atoms. The van der Waals surface area contributed by atoms with Gasteiger partial charge in [0.05, 0.1) is 26.4 Å².